The molecule has 0 saturated heterocycles. The largest absolute Gasteiger partial charge is 0.461 e. The minimum Gasteiger partial charge on any atom is -0.461 e. The van der Waals surface area contributed by atoms with Gasteiger partial charge in [-0.15, -0.1) is 0 Å². The molecule has 2 rings (SSSR count). The summed E-state index contributed by atoms with van der Waals surface area (Å²) >= 11 is 0. The zero-order valence-corrected chi connectivity index (χ0v) is 8.34. The normalized spacial score (nSPS) is 12.3. The maximum atomic E-state index is 13.5. The number of hydrogen-bond donors (Lipinski definition) is 1. The van der Waals surface area contributed by atoms with E-state index < -0.39 is 17.2 Å². The molecule has 0 aliphatic heterocycles. The van der Waals surface area contributed by atoms with Crippen LogP contribution in [0.5, 0.6) is 0 Å². The van der Waals surface area contributed by atoms with Crippen LogP contribution in [0, 0.1) is 11.6 Å². The Morgan fingerprint density at radius 1 is 1.27 bits per heavy atom. The molecule has 0 aliphatic carbocycles. The van der Waals surface area contributed by atoms with E-state index in [1.807, 2.05) is 0 Å². The average molecular weight is 212 g/mol. The summed E-state index contributed by atoms with van der Waals surface area (Å²) in [5.41, 5.74) is -1.36. The van der Waals surface area contributed by atoms with Crippen molar-refractivity contribution >= 4 is 11.0 Å². The molecule has 1 aromatic carbocycles. The minimum absolute atomic E-state index is 0.0338. The van der Waals surface area contributed by atoms with Crippen LogP contribution < -0.4 is 0 Å². The third-order valence-electron chi connectivity index (χ3n) is 2.26. The first-order valence-electron chi connectivity index (χ1n) is 4.49. The molecular formula is C11H10F2O2. The maximum Gasteiger partial charge on any atom is 0.170 e. The van der Waals surface area contributed by atoms with Gasteiger partial charge in [0.1, 0.15) is 5.82 Å². The molecule has 4 heteroatoms. The van der Waals surface area contributed by atoms with Gasteiger partial charge in [-0.25, -0.2) is 8.78 Å². The molecular weight excluding hydrogens is 202 g/mol. The number of hydrogen-bond acceptors (Lipinski definition) is 2. The van der Waals surface area contributed by atoms with Crippen LogP contribution in [0.2, 0.25) is 0 Å². The number of fused-ring (bicyclic) bond motifs is 1. The molecule has 0 atom stereocenters. The molecule has 0 saturated carbocycles. The van der Waals surface area contributed by atoms with Crippen molar-refractivity contribution in [3.8, 4) is 0 Å². The molecule has 0 fully saturated rings. The van der Waals surface area contributed by atoms with Crippen molar-refractivity contribution in [2.75, 3.05) is 0 Å². The smallest absolute Gasteiger partial charge is 0.170 e. The monoisotopic (exact) mass is 212 g/mol. The van der Waals surface area contributed by atoms with Crippen molar-refractivity contribution < 1.29 is 18.3 Å². The third kappa shape index (κ3) is 1.51. The summed E-state index contributed by atoms with van der Waals surface area (Å²) in [5, 5.41) is 10.0. The molecule has 0 unspecified atom stereocenters. The Kier molecular flexibility index (Phi) is 2.04. The van der Waals surface area contributed by atoms with Crippen molar-refractivity contribution in [3.05, 3.63) is 35.6 Å². The molecule has 1 aromatic heterocycles. The van der Waals surface area contributed by atoms with Gasteiger partial charge >= 0.3 is 0 Å². The molecule has 1 heterocycles. The van der Waals surface area contributed by atoms with Gasteiger partial charge in [-0.3, -0.25) is 0 Å². The molecule has 0 amide bonds. The lowest BCUT2D eigenvalue weighted by Crippen LogP contribution is -2.18. The van der Waals surface area contributed by atoms with E-state index in [0.717, 1.165) is 6.07 Å². The Morgan fingerprint density at radius 3 is 2.53 bits per heavy atom. The van der Waals surface area contributed by atoms with E-state index >= 15 is 0 Å². The quantitative estimate of drug-likeness (QED) is 0.788. The first-order valence-corrected chi connectivity index (χ1v) is 4.49. The van der Waals surface area contributed by atoms with Crippen LogP contribution in [0.25, 0.3) is 11.0 Å². The molecule has 0 bridgehead atoms. The average Bonchev–Trinajstić information content (AvgIpc) is 2.49. The zero-order chi connectivity index (χ0) is 11.2. The SMILES string of the molecule is CC(C)(O)c1c(F)cc(F)c2occc12. The number of halogens is 2. The minimum atomic E-state index is -1.38. The van der Waals surface area contributed by atoms with Crippen LogP contribution in [0.15, 0.2) is 22.8 Å². The Hall–Kier alpha value is -1.42. The van der Waals surface area contributed by atoms with Gasteiger partial charge in [-0.1, -0.05) is 0 Å². The molecule has 1 N–H and O–H groups in total. The summed E-state index contributed by atoms with van der Waals surface area (Å²) in [7, 11) is 0. The predicted octanol–water partition coefficient (Wildman–Crippen LogP) is 2.94. The van der Waals surface area contributed by atoms with Gasteiger partial charge in [0.25, 0.3) is 0 Å². The maximum absolute atomic E-state index is 13.5. The van der Waals surface area contributed by atoms with Crippen LogP contribution in [-0.4, -0.2) is 5.11 Å². The fourth-order valence-corrected chi connectivity index (χ4v) is 1.69. The van der Waals surface area contributed by atoms with Crippen molar-refractivity contribution in [1.82, 2.24) is 0 Å². The highest BCUT2D eigenvalue weighted by Crippen LogP contribution is 2.32. The highest BCUT2D eigenvalue weighted by Gasteiger charge is 2.26. The predicted molar refractivity (Wildman–Crippen MR) is 51.4 cm³/mol. The summed E-state index contributed by atoms with van der Waals surface area (Å²) in [6.07, 6.45) is 1.27. The molecule has 2 aromatic rings. The van der Waals surface area contributed by atoms with Crippen molar-refractivity contribution in [2.45, 2.75) is 19.4 Å². The van der Waals surface area contributed by atoms with Gasteiger partial charge in [0, 0.05) is 17.0 Å². The number of aliphatic hydroxyl groups is 1. The Morgan fingerprint density at radius 2 is 1.93 bits per heavy atom. The lowest BCUT2D eigenvalue weighted by atomic mass is 9.94. The van der Waals surface area contributed by atoms with Crippen molar-refractivity contribution in [2.24, 2.45) is 0 Å². The highest BCUT2D eigenvalue weighted by atomic mass is 19.1. The Bertz CT molecular complexity index is 509. The van der Waals surface area contributed by atoms with E-state index in [1.165, 1.54) is 26.2 Å². The fourth-order valence-electron chi connectivity index (χ4n) is 1.69. The van der Waals surface area contributed by atoms with E-state index in [2.05, 4.69) is 0 Å². The third-order valence-corrected chi connectivity index (χ3v) is 2.26. The summed E-state index contributed by atoms with van der Waals surface area (Å²) in [4.78, 5) is 0. The second-order valence-electron chi connectivity index (χ2n) is 3.94. The lowest BCUT2D eigenvalue weighted by Gasteiger charge is -2.19. The van der Waals surface area contributed by atoms with Crippen molar-refractivity contribution in [1.29, 1.82) is 0 Å². The molecule has 80 valence electrons. The Labute approximate surface area is 85.1 Å². The highest BCUT2D eigenvalue weighted by molar-refractivity contribution is 5.82. The second-order valence-corrected chi connectivity index (χ2v) is 3.94. The standard InChI is InChI=1S/C11H10F2O2/c1-11(2,14)9-6-3-4-15-10(6)8(13)5-7(9)12/h3-5,14H,1-2H3. The van der Waals surface area contributed by atoms with Crippen LogP contribution in [0.4, 0.5) is 8.78 Å². The van der Waals surface area contributed by atoms with Gasteiger partial charge in [0.15, 0.2) is 11.4 Å². The van der Waals surface area contributed by atoms with E-state index in [-0.39, 0.29) is 16.5 Å². The molecule has 0 spiro atoms. The zero-order valence-electron chi connectivity index (χ0n) is 8.34. The van der Waals surface area contributed by atoms with Gasteiger partial charge in [-0.05, 0) is 19.9 Å². The summed E-state index contributed by atoms with van der Waals surface area (Å²) < 4.78 is 31.6. The number of rotatable bonds is 1. The molecule has 15 heavy (non-hydrogen) atoms. The van der Waals surface area contributed by atoms with Gasteiger partial charge in [0.05, 0.1) is 11.9 Å². The lowest BCUT2D eigenvalue weighted by molar-refractivity contribution is 0.0761. The van der Waals surface area contributed by atoms with E-state index in [0.29, 0.717) is 0 Å². The number of furan rings is 1. The first-order chi connectivity index (χ1) is 6.91. The van der Waals surface area contributed by atoms with Gasteiger partial charge < -0.3 is 9.52 Å². The first kappa shape index (κ1) is 10.1. The second kappa shape index (κ2) is 3.03. The summed E-state index contributed by atoms with van der Waals surface area (Å²) in [6, 6.07) is 2.16. The van der Waals surface area contributed by atoms with E-state index in [1.54, 1.807) is 0 Å². The molecule has 2 nitrogen and oxygen atoms in total. The number of benzene rings is 1. The topological polar surface area (TPSA) is 33.4 Å². The summed E-state index contributed by atoms with van der Waals surface area (Å²) in [5.74, 6) is -1.53. The molecule has 0 aliphatic rings. The van der Waals surface area contributed by atoms with Crippen LogP contribution >= 0.6 is 0 Å². The molecule has 0 radical (unpaired) electrons. The summed E-state index contributed by atoms with van der Waals surface area (Å²) in [6.45, 7) is 2.88. The fraction of sp³-hybridized carbons (Fsp3) is 0.273. The van der Waals surface area contributed by atoms with Crippen LogP contribution in [0.3, 0.4) is 0 Å². The van der Waals surface area contributed by atoms with Gasteiger partial charge in [-0.2, -0.15) is 0 Å². The van der Waals surface area contributed by atoms with Crippen LogP contribution in [-0.2, 0) is 5.60 Å². The van der Waals surface area contributed by atoms with E-state index in [9.17, 15) is 13.9 Å². The Balaban J connectivity index is 2.89. The van der Waals surface area contributed by atoms with Crippen molar-refractivity contribution in [3.63, 3.8) is 0 Å². The van der Waals surface area contributed by atoms with Gasteiger partial charge in [0.2, 0.25) is 0 Å². The van der Waals surface area contributed by atoms with Crippen LogP contribution in [0.1, 0.15) is 19.4 Å². The van der Waals surface area contributed by atoms with E-state index in [4.69, 9.17) is 4.42 Å².